The average Bonchev–Trinajstić information content (AvgIpc) is 2.59. The molecule has 1 amide bonds. The molecule has 1 aromatic carbocycles. The fourth-order valence-corrected chi connectivity index (χ4v) is 4.62. The summed E-state index contributed by atoms with van der Waals surface area (Å²) in [4.78, 5) is 12.9. The number of aliphatic hydroxyl groups is 1. The molecule has 0 aromatic heterocycles. The lowest BCUT2D eigenvalue weighted by molar-refractivity contribution is -0.156. The molecule has 0 saturated heterocycles. The highest BCUT2D eigenvalue weighted by Crippen LogP contribution is 2.41. The van der Waals surface area contributed by atoms with Crippen molar-refractivity contribution in [2.24, 2.45) is 17.8 Å². The molecule has 0 spiro atoms. The average molecular weight is 345 g/mol. The van der Waals surface area contributed by atoms with Crippen LogP contribution < -0.4 is 5.32 Å². The number of rotatable bonds is 4. The third-order valence-electron chi connectivity index (χ3n) is 5.98. The van der Waals surface area contributed by atoms with Crippen LogP contribution in [0.1, 0.15) is 57.3 Å². The highest BCUT2D eigenvalue weighted by Gasteiger charge is 2.48. The molecule has 4 heteroatoms. The van der Waals surface area contributed by atoms with Gasteiger partial charge in [0.2, 0.25) is 0 Å². The summed E-state index contributed by atoms with van der Waals surface area (Å²) in [5, 5.41) is 14.2. The third-order valence-corrected chi connectivity index (χ3v) is 5.98. The Balaban J connectivity index is 1.69. The first-order valence-electron chi connectivity index (χ1n) is 9.62. The summed E-state index contributed by atoms with van der Waals surface area (Å²) in [7, 11) is 0. The molecule has 1 unspecified atom stereocenters. The quantitative estimate of drug-likeness (QED) is 0.881. The van der Waals surface area contributed by atoms with Crippen LogP contribution in [0.3, 0.4) is 0 Å². The lowest BCUT2D eigenvalue weighted by Crippen LogP contribution is -2.56. The predicted molar refractivity (Wildman–Crippen MR) is 98.1 cm³/mol. The standard InChI is InChI=1S/C21H31NO3/c1-14(2)18-9-8-15(3)12-21(18,24)20(23)22-13-19-17-7-5-4-6-16(17)10-11-25-19/h4-7,14-15,18-19,24H,8-13H2,1-3H3,(H,22,23)/t15-,18+,19?,21+/m1/s1. The Morgan fingerprint density at radius 3 is 2.88 bits per heavy atom. The number of ether oxygens (including phenoxy) is 1. The Morgan fingerprint density at radius 2 is 2.12 bits per heavy atom. The van der Waals surface area contributed by atoms with E-state index < -0.39 is 5.60 Å². The molecule has 1 fully saturated rings. The summed E-state index contributed by atoms with van der Waals surface area (Å²) in [6.07, 6.45) is 3.32. The SMILES string of the molecule is CC(C)[C@@H]1CC[C@@H](C)C[C@@]1(O)C(=O)NCC1OCCc2ccccc21. The van der Waals surface area contributed by atoms with Crippen LogP contribution in [0, 0.1) is 17.8 Å². The molecule has 0 bridgehead atoms. The molecule has 1 saturated carbocycles. The number of hydrogen-bond donors (Lipinski definition) is 2. The molecule has 1 aromatic rings. The monoisotopic (exact) mass is 345 g/mol. The van der Waals surface area contributed by atoms with Crippen molar-refractivity contribution in [1.82, 2.24) is 5.32 Å². The molecule has 2 N–H and O–H groups in total. The highest BCUT2D eigenvalue weighted by molar-refractivity contribution is 5.85. The highest BCUT2D eigenvalue weighted by atomic mass is 16.5. The van der Waals surface area contributed by atoms with Gasteiger partial charge >= 0.3 is 0 Å². The van der Waals surface area contributed by atoms with Gasteiger partial charge in [-0.05, 0) is 48.1 Å². The molecule has 4 atom stereocenters. The molecule has 25 heavy (non-hydrogen) atoms. The fraction of sp³-hybridized carbons (Fsp3) is 0.667. The molecular weight excluding hydrogens is 314 g/mol. The molecule has 1 aliphatic carbocycles. The van der Waals surface area contributed by atoms with E-state index in [4.69, 9.17) is 4.74 Å². The second-order valence-corrected chi connectivity index (χ2v) is 8.18. The number of hydrogen-bond acceptors (Lipinski definition) is 3. The first-order valence-corrected chi connectivity index (χ1v) is 9.62. The molecule has 3 rings (SSSR count). The van der Waals surface area contributed by atoms with Crippen molar-refractivity contribution in [2.45, 2.75) is 58.2 Å². The van der Waals surface area contributed by atoms with E-state index >= 15 is 0 Å². The molecule has 0 radical (unpaired) electrons. The predicted octanol–water partition coefficient (Wildman–Crippen LogP) is 3.24. The zero-order valence-electron chi connectivity index (χ0n) is 15.6. The topological polar surface area (TPSA) is 58.6 Å². The lowest BCUT2D eigenvalue weighted by Gasteiger charge is -2.43. The summed E-state index contributed by atoms with van der Waals surface area (Å²) >= 11 is 0. The number of carbonyl (C=O) groups is 1. The number of benzene rings is 1. The smallest absolute Gasteiger partial charge is 0.252 e. The minimum absolute atomic E-state index is 0.0169. The van der Waals surface area contributed by atoms with Gasteiger partial charge in [0.15, 0.2) is 0 Å². The summed E-state index contributed by atoms with van der Waals surface area (Å²) in [5.74, 6) is 0.444. The van der Waals surface area contributed by atoms with Gasteiger partial charge in [-0.3, -0.25) is 4.79 Å². The van der Waals surface area contributed by atoms with Gasteiger partial charge in [-0.2, -0.15) is 0 Å². The minimum atomic E-state index is -1.26. The van der Waals surface area contributed by atoms with Gasteiger partial charge in [-0.15, -0.1) is 0 Å². The van der Waals surface area contributed by atoms with Crippen LogP contribution in [0.25, 0.3) is 0 Å². The second kappa shape index (κ2) is 7.46. The molecular formula is C21H31NO3. The first-order chi connectivity index (χ1) is 11.9. The van der Waals surface area contributed by atoms with Crippen LogP contribution in [-0.4, -0.2) is 29.8 Å². The third kappa shape index (κ3) is 3.75. The van der Waals surface area contributed by atoms with E-state index in [1.807, 2.05) is 12.1 Å². The van der Waals surface area contributed by atoms with Gasteiger partial charge in [0, 0.05) is 6.54 Å². The van der Waals surface area contributed by atoms with Gasteiger partial charge in [-0.1, -0.05) is 51.5 Å². The second-order valence-electron chi connectivity index (χ2n) is 8.18. The van der Waals surface area contributed by atoms with Crippen LogP contribution in [0.2, 0.25) is 0 Å². The number of nitrogens with one attached hydrogen (secondary N) is 1. The molecule has 1 heterocycles. The summed E-state index contributed by atoms with van der Waals surface area (Å²) < 4.78 is 5.87. The summed E-state index contributed by atoms with van der Waals surface area (Å²) in [5.41, 5.74) is 1.18. The van der Waals surface area contributed by atoms with Crippen LogP contribution >= 0.6 is 0 Å². The normalized spacial score (nSPS) is 32.3. The lowest BCUT2D eigenvalue weighted by atomic mass is 9.66. The van der Waals surface area contributed by atoms with Crippen molar-refractivity contribution < 1.29 is 14.6 Å². The Morgan fingerprint density at radius 1 is 1.36 bits per heavy atom. The van der Waals surface area contributed by atoms with Gasteiger partial charge in [0.25, 0.3) is 5.91 Å². The Bertz CT molecular complexity index is 615. The molecule has 138 valence electrons. The Labute approximate surface area is 151 Å². The maximum atomic E-state index is 12.9. The van der Waals surface area contributed by atoms with Crippen LogP contribution in [0.4, 0.5) is 0 Å². The van der Waals surface area contributed by atoms with Crippen molar-refractivity contribution in [3.8, 4) is 0 Å². The van der Waals surface area contributed by atoms with Crippen LogP contribution in [0.5, 0.6) is 0 Å². The zero-order chi connectivity index (χ0) is 18.0. The largest absolute Gasteiger partial charge is 0.380 e. The van der Waals surface area contributed by atoms with Gasteiger partial charge in [0.05, 0.1) is 6.61 Å². The number of amides is 1. The van der Waals surface area contributed by atoms with Gasteiger partial charge < -0.3 is 15.2 Å². The van der Waals surface area contributed by atoms with Crippen molar-refractivity contribution in [2.75, 3.05) is 13.2 Å². The number of fused-ring (bicyclic) bond motifs is 1. The van der Waals surface area contributed by atoms with E-state index in [0.29, 0.717) is 25.5 Å². The minimum Gasteiger partial charge on any atom is -0.380 e. The van der Waals surface area contributed by atoms with Crippen molar-refractivity contribution >= 4 is 5.91 Å². The van der Waals surface area contributed by atoms with E-state index in [1.54, 1.807) is 0 Å². The van der Waals surface area contributed by atoms with Crippen molar-refractivity contribution in [3.63, 3.8) is 0 Å². The van der Waals surface area contributed by atoms with E-state index in [0.717, 1.165) is 24.8 Å². The van der Waals surface area contributed by atoms with E-state index in [2.05, 4.69) is 38.2 Å². The zero-order valence-corrected chi connectivity index (χ0v) is 15.6. The fourth-order valence-electron chi connectivity index (χ4n) is 4.62. The van der Waals surface area contributed by atoms with E-state index in [9.17, 15) is 9.90 Å². The Kier molecular flexibility index (Phi) is 5.49. The van der Waals surface area contributed by atoms with Crippen LogP contribution in [-0.2, 0) is 16.0 Å². The first kappa shape index (κ1) is 18.4. The Hall–Kier alpha value is -1.39. The van der Waals surface area contributed by atoms with Crippen molar-refractivity contribution in [1.29, 1.82) is 0 Å². The van der Waals surface area contributed by atoms with E-state index in [-0.39, 0.29) is 23.8 Å². The molecule has 4 nitrogen and oxygen atoms in total. The number of carbonyl (C=O) groups excluding carboxylic acids is 1. The maximum Gasteiger partial charge on any atom is 0.252 e. The molecule has 2 aliphatic rings. The van der Waals surface area contributed by atoms with Gasteiger partial charge in [-0.25, -0.2) is 0 Å². The van der Waals surface area contributed by atoms with Crippen LogP contribution in [0.15, 0.2) is 24.3 Å². The van der Waals surface area contributed by atoms with Crippen molar-refractivity contribution in [3.05, 3.63) is 35.4 Å². The van der Waals surface area contributed by atoms with E-state index in [1.165, 1.54) is 5.56 Å². The maximum absolute atomic E-state index is 12.9. The van der Waals surface area contributed by atoms with Gasteiger partial charge in [0.1, 0.15) is 11.7 Å². The summed E-state index contributed by atoms with van der Waals surface area (Å²) in [6.45, 7) is 7.40. The molecule has 1 aliphatic heterocycles. The summed E-state index contributed by atoms with van der Waals surface area (Å²) in [6, 6.07) is 8.24.